The van der Waals surface area contributed by atoms with Gasteiger partial charge < -0.3 is 5.11 Å². The number of carboxylic acid groups (broad SMARTS) is 1. The van der Waals surface area contributed by atoms with Gasteiger partial charge in [0.05, 0.1) is 5.92 Å². The van der Waals surface area contributed by atoms with Crippen LogP contribution in [-0.2, 0) is 4.79 Å². The van der Waals surface area contributed by atoms with Crippen molar-refractivity contribution in [3.05, 3.63) is 0 Å². The first-order chi connectivity index (χ1) is 5.65. The minimum Gasteiger partial charge on any atom is -0.481 e. The third kappa shape index (κ3) is 0.511. The zero-order chi connectivity index (χ0) is 8.51. The van der Waals surface area contributed by atoms with Gasteiger partial charge in [0, 0.05) is 0 Å². The van der Waals surface area contributed by atoms with E-state index in [9.17, 15) is 4.79 Å². The van der Waals surface area contributed by atoms with Crippen LogP contribution in [0.5, 0.6) is 0 Å². The monoisotopic (exact) mass is 166 g/mol. The number of carboxylic acids is 1. The molecular formula is C10H14O2. The van der Waals surface area contributed by atoms with Gasteiger partial charge in [-0.25, -0.2) is 0 Å². The summed E-state index contributed by atoms with van der Waals surface area (Å²) in [5.41, 5.74) is 0.217. The fourth-order valence-electron chi connectivity index (χ4n) is 4.20. The molecule has 3 rings (SSSR count). The number of hydrogen-bond acceptors (Lipinski definition) is 1. The Bertz CT molecular complexity index is 261. The molecule has 0 spiro atoms. The van der Waals surface area contributed by atoms with Crippen molar-refractivity contribution in [1.82, 2.24) is 0 Å². The van der Waals surface area contributed by atoms with Crippen molar-refractivity contribution in [2.24, 2.45) is 29.1 Å². The third-order valence-corrected chi connectivity index (χ3v) is 4.77. The molecule has 0 amide bonds. The highest BCUT2D eigenvalue weighted by molar-refractivity contribution is 5.76. The van der Waals surface area contributed by atoms with Gasteiger partial charge in [-0.1, -0.05) is 6.92 Å². The molecule has 66 valence electrons. The minimum absolute atomic E-state index is 0.0174. The molecule has 0 aliphatic heterocycles. The second kappa shape index (κ2) is 1.70. The van der Waals surface area contributed by atoms with Gasteiger partial charge in [-0.2, -0.15) is 0 Å². The third-order valence-electron chi connectivity index (χ3n) is 4.77. The van der Waals surface area contributed by atoms with Crippen molar-refractivity contribution < 1.29 is 9.90 Å². The predicted molar refractivity (Wildman–Crippen MR) is 43.6 cm³/mol. The summed E-state index contributed by atoms with van der Waals surface area (Å²) in [6, 6.07) is 0. The first-order valence-corrected chi connectivity index (χ1v) is 4.88. The van der Waals surface area contributed by atoms with E-state index in [0.717, 1.165) is 11.8 Å². The van der Waals surface area contributed by atoms with E-state index < -0.39 is 5.97 Å². The zero-order valence-electron chi connectivity index (χ0n) is 7.29. The molecule has 3 fully saturated rings. The molecule has 3 saturated carbocycles. The maximum atomic E-state index is 10.9. The van der Waals surface area contributed by atoms with Crippen molar-refractivity contribution in [1.29, 1.82) is 0 Å². The predicted octanol–water partition coefficient (Wildman–Crippen LogP) is 1.75. The highest BCUT2D eigenvalue weighted by Crippen LogP contribution is 2.77. The molecule has 3 aliphatic rings. The number of rotatable bonds is 1. The largest absolute Gasteiger partial charge is 0.481 e. The summed E-state index contributed by atoms with van der Waals surface area (Å²) in [6.07, 6.45) is 3.92. The van der Waals surface area contributed by atoms with Gasteiger partial charge in [0.25, 0.3) is 0 Å². The quantitative estimate of drug-likeness (QED) is 0.644. The highest BCUT2D eigenvalue weighted by atomic mass is 16.4. The van der Waals surface area contributed by atoms with Crippen LogP contribution >= 0.6 is 0 Å². The summed E-state index contributed by atoms with van der Waals surface area (Å²) >= 11 is 0. The molecule has 12 heavy (non-hydrogen) atoms. The van der Waals surface area contributed by atoms with Gasteiger partial charge in [-0.3, -0.25) is 4.79 Å². The fraction of sp³-hybridized carbons (Fsp3) is 0.900. The van der Waals surface area contributed by atoms with Crippen molar-refractivity contribution in [2.75, 3.05) is 0 Å². The normalized spacial score (nSPS) is 60.1. The summed E-state index contributed by atoms with van der Waals surface area (Å²) in [5.74, 6) is 1.53. The van der Waals surface area contributed by atoms with Crippen molar-refractivity contribution in [3.63, 3.8) is 0 Å². The Labute approximate surface area is 72.0 Å². The topological polar surface area (TPSA) is 37.3 Å². The molecule has 0 aromatic heterocycles. The summed E-state index contributed by atoms with van der Waals surface area (Å²) < 4.78 is 0. The van der Waals surface area contributed by atoms with Gasteiger partial charge in [0.1, 0.15) is 0 Å². The van der Waals surface area contributed by atoms with E-state index in [1.165, 1.54) is 19.3 Å². The standard InChI is InChI=1S/C10H14O2/c1-10-6-3-2-5(4-6)7(10)8(10)9(11)12/h5-8H,2-4H2,1H3,(H,11,12). The van der Waals surface area contributed by atoms with Crippen LogP contribution in [0.25, 0.3) is 0 Å². The Hall–Kier alpha value is -0.530. The van der Waals surface area contributed by atoms with Gasteiger partial charge in [0.2, 0.25) is 0 Å². The van der Waals surface area contributed by atoms with Gasteiger partial charge >= 0.3 is 5.97 Å². The molecule has 1 N–H and O–H groups in total. The van der Waals surface area contributed by atoms with Crippen molar-refractivity contribution >= 4 is 5.97 Å². The van der Waals surface area contributed by atoms with Crippen molar-refractivity contribution in [2.45, 2.75) is 26.2 Å². The van der Waals surface area contributed by atoms with E-state index >= 15 is 0 Å². The summed E-state index contributed by atoms with van der Waals surface area (Å²) in [5, 5.41) is 8.99. The minimum atomic E-state index is -0.542. The van der Waals surface area contributed by atoms with Gasteiger partial charge in [-0.15, -0.1) is 0 Å². The molecule has 0 saturated heterocycles. The maximum absolute atomic E-state index is 10.9. The average Bonchev–Trinajstić information content (AvgIpc) is 2.40. The highest BCUT2D eigenvalue weighted by Gasteiger charge is 2.76. The Kier molecular flexibility index (Phi) is 0.984. The second-order valence-corrected chi connectivity index (χ2v) is 4.98. The van der Waals surface area contributed by atoms with E-state index in [2.05, 4.69) is 6.92 Å². The molecule has 0 aromatic carbocycles. The Morgan fingerprint density at radius 3 is 2.75 bits per heavy atom. The molecule has 2 bridgehead atoms. The van der Waals surface area contributed by atoms with Crippen LogP contribution in [0.1, 0.15) is 26.2 Å². The van der Waals surface area contributed by atoms with Crippen molar-refractivity contribution in [3.8, 4) is 0 Å². The summed E-state index contributed by atoms with van der Waals surface area (Å²) in [4.78, 5) is 10.9. The smallest absolute Gasteiger partial charge is 0.307 e. The molecule has 0 aromatic rings. The first kappa shape index (κ1) is 6.93. The van der Waals surface area contributed by atoms with Crippen LogP contribution in [0.15, 0.2) is 0 Å². The molecular weight excluding hydrogens is 152 g/mol. The van der Waals surface area contributed by atoms with Crippen LogP contribution < -0.4 is 0 Å². The Morgan fingerprint density at radius 2 is 2.25 bits per heavy atom. The van der Waals surface area contributed by atoms with Crippen LogP contribution in [0, 0.1) is 29.1 Å². The molecule has 3 aliphatic carbocycles. The summed E-state index contributed by atoms with van der Waals surface area (Å²) in [7, 11) is 0. The Balaban J connectivity index is 1.95. The molecule has 2 nitrogen and oxygen atoms in total. The lowest BCUT2D eigenvalue weighted by Crippen LogP contribution is -2.14. The lowest BCUT2D eigenvalue weighted by atomic mass is 9.88. The first-order valence-electron chi connectivity index (χ1n) is 4.88. The van der Waals surface area contributed by atoms with E-state index in [1.54, 1.807) is 0 Å². The van der Waals surface area contributed by atoms with Crippen LogP contribution in [0.2, 0.25) is 0 Å². The van der Waals surface area contributed by atoms with E-state index in [4.69, 9.17) is 5.11 Å². The Morgan fingerprint density at radius 1 is 1.50 bits per heavy atom. The molecule has 0 radical (unpaired) electrons. The number of fused-ring (bicyclic) bond motifs is 5. The van der Waals surface area contributed by atoms with Gasteiger partial charge in [0.15, 0.2) is 0 Å². The van der Waals surface area contributed by atoms with Gasteiger partial charge in [-0.05, 0) is 42.4 Å². The molecule has 5 unspecified atom stereocenters. The second-order valence-electron chi connectivity index (χ2n) is 4.98. The molecule has 5 atom stereocenters. The van der Waals surface area contributed by atoms with Crippen LogP contribution in [0.4, 0.5) is 0 Å². The lowest BCUT2D eigenvalue weighted by molar-refractivity contribution is -0.140. The van der Waals surface area contributed by atoms with E-state index in [0.29, 0.717) is 5.92 Å². The number of aliphatic carboxylic acids is 1. The summed E-state index contributed by atoms with van der Waals surface area (Å²) in [6.45, 7) is 2.19. The van der Waals surface area contributed by atoms with Crippen LogP contribution in [0.3, 0.4) is 0 Å². The number of hydrogen-bond donors (Lipinski definition) is 1. The van der Waals surface area contributed by atoms with Crippen LogP contribution in [-0.4, -0.2) is 11.1 Å². The van der Waals surface area contributed by atoms with E-state index in [-0.39, 0.29) is 11.3 Å². The average molecular weight is 166 g/mol. The lowest BCUT2D eigenvalue weighted by Gasteiger charge is -2.17. The number of carbonyl (C=O) groups is 1. The fourth-order valence-corrected chi connectivity index (χ4v) is 4.20. The zero-order valence-corrected chi connectivity index (χ0v) is 7.29. The molecule has 0 heterocycles. The SMILES string of the molecule is CC12C3CCC(C3)C1C2C(=O)O. The van der Waals surface area contributed by atoms with E-state index in [1.807, 2.05) is 0 Å². The molecule has 2 heteroatoms. The maximum Gasteiger partial charge on any atom is 0.307 e.